The van der Waals surface area contributed by atoms with Crippen molar-refractivity contribution >= 4 is 11.7 Å². The number of hydrogen-bond donors (Lipinski definition) is 2. The number of aryl methyl sites for hydroxylation is 1. The number of carbonyl (C=O) groups excluding carboxylic acids is 1. The van der Waals surface area contributed by atoms with Gasteiger partial charge in [0.15, 0.2) is 0 Å². The summed E-state index contributed by atoms with van der Waals surface area (Å²) in [6.45, 7) is 2.53. The number of amides is 1. The van der Waals surface area contributed by atoms with Gasteiger partial charge in [0.1, 0.15) is 11.4 Å². The average molecular weight is 321 g/mol. The summed E-state index contributed by atoms with van der Waals surface area (Å²) in [7, 11) is 0. The molecule has 0 aromatic heterocycles. The van der Waals surface area contributed by atoms with Crippen LogP contribution in [0.5, 0.6) is 0 Å². The van der Waals surface area contributed by atoms with Gasteiger partial charge in [-0.05, 0) is 24.5 Å². The van der Waals surface area contributed by atoms with Crippen molar-refractivity contribution in [1.82, 2.24) is 4.90 Å². The summed E-state index contributed by atoms with van der Waals surface area (Å²) in [4.78, 5) is 14.3. The van der Waals surface area contributed by atoms with Gasteiger partial charge in [0, 0.05) is 19.4 Å². The quantitative estimate of drug-likeness (QED) is 0.656. The first-order valence-electron chi connectivity index (χ1n) is 8.26. The van der Waals surface area contributed by atoms with Gasteiger partial charge in [0.25, 0.3) is 0 Å². The summed E-state index contributed by atoms with van der Waals surface area (Å²) in [6.07, 6.45) is 1.63. The molecule has 124 valence electrons. The highest BCUT2D eigenvalue weighted by molar-refractivity contribution is 5.95. The van der Waals surface area contributed by atoms with Gasteiger partial charge in [-0.1, -0.05) is 60.2 Å². The summed E-state index contributed by atoms with van der Waals surface area (Å²) in [5, 5.41) is 8.19. The minimum atomic E-state index is -0.719. The van der Waals surface area contributed by atoms with E-state index in [-0.39, 0.29) is 11.7 Å². The normalized spacial score (nSPS) is 20.4. The van der Waals surface area contributed by atoms with E-state index in [2.05, 4.69) is 0 Å². The van der Waals surface area contributed by atoms with Gasteiger partial charge in [-0.25, -0.2) is 0 Å². The number of nitrogens with zero attached hydrogens (tertiary/aromatic N) is 1. The van der Waals surface area contributed by atoms with Crippen LogP contribution < -0.4 is 5.73 Å². The summed E-state index contributed by atoms with van der Waals surface area (Å²) in [5.41, 5.74) is 8.63. The van der Waals surface area contributed by atoms with Gasteiger partial charge >= 0.3 is 0 Å². The molecule has 0 saturated carbocycles. The van der Waals surface area contributed by atoms with Crippen molar-refractivity contribution < 1.29 is 4.79 Å². The number of carbonyl (C=O) groups is 1. The zero-order chi connectivity index (χ0) is 17.2. The van der Waals surface area contributed by atoms with Gasteiger partial charge in [-0.15, -0.1) is 0 Å². The largest absolute Gasteiger partial charge is 0.386 e. The van der Waals surface area contributed by atoms with Crippen molar-refractivity contribution in [3.8, 4) is 0 Å². The van der Waals surface area contributed by atoms with E-state index in [1.807, 2.05) is 61.5 Å². The van der Waals surface area contributed by atoms with Crippen LogP contribution in [0.1, 0.15) is 29.5 Å². The van der Waals surface area contributed by atoms with E-state index in [1.165, 1.54) is 5.56 Å². The molecule has 1 atom stereocenters. The maximum Gasteiger partial charge on any atom is 0.223 e. The lowest BCUT2D eigenvalue weighted by atomic mass is 9.86. The number of nitrogens with two attached hydrogens (primary N) is 1. The molecule has 1 unspecified atom stereocenters. The fourth-order valence-corrected chi connectivity index (χ4v) is 3.43. The predicted octanol–water partition coefficient (Wildman–Crippen LogP) is 3.03. The second-order valence-electron chi connectivity index (χ2n) is 6.57. The highest BCUT2D eigenvalue weighted by Gasteiger charge is 2.47. The van der Waals surface area contributed by atoms with E-state index >= 15 is 0 Å². The minimum Gasteiger partial charge on any atom is -0.386 e. The van der Waals surface area contributed by atoms with Crippen molar-refractivity contribution in [2.45, 2.75) is 38.3 Å². The van der Waals surface area contributed by atoms with E-state index in [0.29, 0.717) is 25.8 Å². The molecule has 1 aliphatic rings. The van der Waals surface area contributed by atoms with Crippen LogP contribution in [0.3, 0.4) is 0 Å². The first kappa shape index (κ1) is 16.2. The molecule has 1 heterocycles. The van der Waals surface area contributed by atoms with Crippen molar-refractivity contribution in [2.75, 3.05) is 0 Å². The number of amidine groups is 1. The molecule has 4 heteroatoms. The van der Waals surface area contributed by atoms with Gasteiger partial charge in [-0.3, -0.25) is 10.2 Å². The lowest BCUT2D eigenvalue weighted by molar-refractivity contribution is -0.130. The summed E-state index contributed by atoms with van der Waals surface area (Å²) in [6, 6.07) is 18.1. The fraction of sp³-hybridized carbons (Fsp3) is 0.300. The van der Waals surface area contributed by atoms with E-state index in [4.69, 9.17) is 11.1 Å². The molecule has 2 aromatic carbocycles. The van der Waals surface area contributed by atoms with Crippen molar-refractivity contribution in [2.24, 2.45) is 5.73 Å². The molecule has 3 N–H and O–H groups in total. The Morgan fingerprint density at radius 3 is 2.42 bits per heavy atom. The second kappa shape index (κ2) is 6.48. The Hall–Kier alpha value is -2.62. The number of hydrogen-bond acceptors (Lipinski definition) is 2. The monoisotopic (exact) mass is 321 g/mol. The summed E-state index contributed by atoms with van der Waals surface area (Å²) < 4.78 is 0. The zero-order valence-corrected chi connectivity index (χ0v) is 14.0. The molecule has 1 saturated heterocycles. The molecular formula is C20H23N3O. The highest BCUT2D eigenvalue weighted by atomic mass is 16.2. The molecule has 1 fully saturated rings. The van der Waals surface area contributed by atoms with Crippen LogP contribution in [0.25, 0.3) is 0 Å². The Labute approximate surface area is 142 Å². The third-order valence-electron chi connectivity index (χ3n) is 4.87. The molecule has 0 radical (unpaired) electrons. The van der Waals surface area contributed by atoms with Crippen LogP contribution in [-0.4, -0.2) is 22.2 Å². The Morgan fingerprint density at radius 1 is 1.12 bits per heavy atom. The van der Waals surface area contributed by atoms with Gasteiger partial charge in [0.05, 0.1) is 0 Å². The third kappa shape index (κ3) is 3.04. The van der Waals surface area contributed by atoms with Crippen LogP contribution in [0.4, 0.5) is 0 Å². The Morgan fingerprint density at radius 2 is 1.79 bits per heavy atom. The molecule has 0 aliphatic carbocycles. The maximum absolute atomic E-state index is 12.5. The van der Waals surface area contributed by atoms with Gasteiger partial charge in [-0.2, -0.15) is 0 Å². The first-order valence-corrected chi connectivity index (χ1v) is 8.26. The molecular weight excluding hydrogens is 298 g/mol. The Kier molecular flexibility index (Phi) is 4.38. The lowest BCUT2D eigenvalue weighted by Gasteiger charge is -2.38. The molecule has 1 amide bonds. The summed E-state index contributed by atoms with van der Waals surface area (Å²) >= 11 is 0. The van der Waals surface area contributed by atoms with Gasteiger partial charge < -0.3 is 10.6 Å². The third-order valence-corrected chi connectivity index (χ3v) is 4.87. The number of likely N-dealkylation sites (tertiary alicyclic amines) is 1. The molecule has 3 rings (SSSR count). The predicted molar refractivity (Wildman–Crippen MR) is 95.8 cm³/mol. The zero-order valence-electron chi connectivity index (χ0n) is 14.0. The molecule has 24 heavy (non-hydrogen) atoms. The number of rotatable bonds is 5. The Balaban J connectivity index is 1.92. The minimum absolute atomic E-state index is 0.0710. The van der Waals surface area contributed by atoms with Crippen molar-refractivity contribution in [1.29, 1.82) is 5.41 Å². The van der Waals surface area contributed by atoms with Crippen LogP contribution >= 0.6 is 0 Å². The Bertz CT molecular complexity index is 739. The number of benzene rings is 2. The second-order valence-corrected chi connectivity index (χ2v) is 6.57. The van der Waals surface area contributed by atoms with Crippen LogP contribution in [0, 0.1) is 12.3 Å². The molecule has 0 spiro atoms. The lowest BCUT2D eigenvalue weighted by Crippen LogP contribution is -2.55. The van der Waals surface area contributed by atoms with Gasteiger partial charge in [0.2, 0.25) is 5.91 Å². The SMILES string of the molecule is Cc1ccc(CN2C(=O)CCC2(Cc2ccccc2)C(=N)N)cc1. The number of nitrogens with one attached hydrogen (secondary N) is 1. The molecule has 4 nitrogen and oxygen atoms in total. The van der Waals surface area contributed by atoms with E-state index in [0.717, 1.165) is 11.1 Å². The fourth-order valence-electron chi connectivity index (χ4n) is 3.43. The van der Waals surface area contributed by atoms with E-state index < -0.39 is 5.54 Å². The molecule has 2 aromatic rings. The molecule has 1 aliphatic heterocycles. The smallest absolute Gasteiger partial charge is 0.223 e. The van der Waals surface area contributed by atoms with E-state index in [1.54, 1.807) is 4.90 Å². The first-order chi connectivity index (χ1) is 11.5. The standard InChI is InChI=1S/C20H23N3O/c1-15-7-9-17(10-8-15)14-23-18(24)11-12-20(23,19(21)22)13-16-5-3-2-4-6-16/h2-10H,11-14H2,1H3,(H3,21,22). The summed E-state index contributed by atoms with van der Waals surface area (Å²) in [5.74, 6) is 0.144. The molecule has 0 bridgehead atoms. The topological polar surface area (TPSA) is 70.2 Å². The van der Waals surface area contributed by atoms with Crippen molar-refractivity contribution in [3.63, 3.8) is 0 Å². The maximum atomic E-state index is 12.5. The van der Waals surface area contributed by atoms with Crippen molar-refractivity contribution in [3.05, 3.63) is 71.3 Å². The highest BCUT2D eigenvalue weighted by Crippen LogP contribution is 2.35. The van der Waals surface area contributed by atoms with E-state index in [9.17, 15) is 4.79 Å². The van der Waals surface area contributed by atoms with Crippen LogP contribution in [0.15, 0.2) is 54.6 Å². The van der Waals surface area contributed by atoms with Crippen LogP contribution in [-0.2, 0) is 17.8 Å². The van der Waals surface area contributed by atoms with Crippen LogP contribution in [0.2, 0.25) is 0 Å². The average Bonchev–Trinajstić information content (AvgIpc) is 2.88.